The minimum absolute atomic E-state index is 0.0617. The third-order valence-corrected chi connectivity index (χ3v) is 6.25. The van der Waals surface area contributed by atoms with Gasteiger partial charge in [-0.3, -0.25) is 0 Å². The lowest BCUT2D eigenvalue weighted by Gasteiger charge is -2.50. The van der Waals surface area contributed by atoms with Crippen molar-refractivity contribution in [2.24, 2.45) is 17.8 Å². The Morgan fingerprint density at radius 3 is 2.30 bits per heavy atom. The fraction of sp³-hybridized carbons (Fsp3) is 0.684. The van der Waals surface area contributed by atoms with Crippen LogP contribution in [0.15, 0.2) is 30.3 Å². The van der Waals surface area contributed by atoms with Crippen LogP contribution in [0.1, 0.15) is 57.9 Å². The molecule has 0 heterocycles. The summed E-state index contributed by atoms with van der Waals surface area (Å²) in [7, 11) is 0. The van der Waals surface area contributed by atoms with Crippen molar-refractivity contribution in [2.45, 2.75) is 63.9 Å². The minimum atomic E-state index is -0.145. The van der Waals surface area contributed by atoms with Crippen LogP contribution in [0, 0.1) is 17.8 Å². The van der Waals surface area contributed by atoms with Crippen molar-refractivity contribution in [3.63, 3.8) is 0 Å². The lowest BCUT2D eigenvalue weighted by Crippen LogP contribution is -2.50. The molecule has 3 rings (SSSR count). The molecule has 1 heteroatoms. The second-order valence-corrected chi connectivity index (χ2v) is 7.35. The first-order valence-corrected chi connectivity index (χ1v) is 8.37. The maximum absolute atomic E-state index is 11.1. The zero-order valence-corrected chi connectivity index (χ0v) is 12.9. The maximum Gasteiger partial charge on any atom is 0.0664 e. The van der Waals surface area contributed by atoms with Gasteiger partial charge >= 0.3 is 0 Å². The van der Waals surface area contributed by atoms with Crippen molar-refractivity contribution in [3.05, 3.63) is 35.9 Å². The second-order valence-electron chi connectivity index (χ2n) is 7.35. The highest BCUT2D eigenvalue weighted by molar-refractivity contribution is 5.30. The van der Waals surface area contributed by atoms with Crippen LogP contribution in [0.3, 0.4) is 0 Å². The SMILES string of the molecule is CC1CCC(C(O)C2(c3ccccc3)CCC2)CC1C. The summed E-state index contributed by atoms with van der Waals surface area (Å²) >= 11 is 0. The second kappa shape index (κ2) is 5.52. The number of aliphatic hydroxyl groups is 1. The first-order chi connectivity index (χ1) is 9.63. The fourth-order valence-corrected chi connectivity index (χ4v) is 4.41. The van der Waals surface area contributed by atoms with Crippen molar-refractivity contribution < 1.29 is 5.11 Å². The fourth-order valence-electron chi connectivity index (χ4n) is 4.41. The van der Waals surface area contributed by atoms with E-state index in [1.165, 1.54) is 44.1 Å². The molecule has 0 aromatic heterocycles. The first-order valence-electron chi connectivity index (χ1n) is 8.37. The van der Waals surface area contributed by atoms with Crippen molar-refractivity contribution >= 4 is 0 Å². The summed E-state index contributed by atoms with van der Waals surface area (Å²) in [6.45, 7) is 4.73. The quantitative estimate of drug-likeness (QED) is 0.856. The van der Waals surface area contributed by atoms with Gasteiger partial charge in [0.05, 0.1) is 6.10 Å². The van der Waals surface area contributed by atoms with Crippen LogP contribution < -0.4 is 0 Å². The molecule has 0 spiro atoms. The molecule has 2 fully saturated rings. The van der Waals surface area contributed by atoms with Gasteiger partial charge < -0.3 is 5.11 Å². The lowest BCUT2D eigenvalue weighted by atomic mass is 9.56. The summed E-state index contributed by atoms with van der Waals surface area (Å²) < 4.78 is 0. The molecule has 2 aliphatic rings. The predicted octanol–water partition coefficient (Wildman–Crippen LogP) is 4.54. The number of hydrogen-bond acceptors (Lipinski definition) is 1. The third-order valence-electron chi connectivity index (χ3n) is 6.25. The van der Waals surface area contributed by atoms with E-state index in [9.17, 15) is 5.11 Å². The van der Waals surface area contributed by atoms with Crippen molar-refractivity contribution in [1.29, 1.82) is 0 Å². The molecular weight excluding hydrogens is 244 g/mol. The Bertz CT molecular complexity index is 434. The molecule has 4 unspecified atom stereocenters. The van der Waals surface area contributed by atoms with Crippen LogP contribution in [0.2, 0.25) is 0 Å². The van der Waals surface area contributed by atoms with E-state index in [-0.39, 0.29) is 11.5 Å². The van der Waals surface area contributed by atoms with Gasteiger partial charge in [0.15, 0.2) is 0 Å². The normalized spacial score (nSPS) is 34.2. The molecule has 1 aromatic carbocycles. The molecule has 110 valence electrons. The van der Waals surface area contributed by atoms with E-state index in [0.29, 0.717) is 5.92 Å². The van der Waals surface area contributed by atoms with Crippen molar-refractivity contribution in [2.75, 3.05) is 0 Å². The van der Waals surface area contributed by atoms with Crippen molar-refractivity contribution in [3.8, 4) is 0 Å². The summed E-state index contributed by atoms with van der Waals surface area (Å²) in [5, 5.41) is 11.1. The van der Waals surface area contributed by atoms with Crippen LogP contribution >= 0.6 is 0 Å². The van der Waals surface area contributed by atoms with E-state index < -0.39 is 0 Å². The largest absolute Gasteiger partial charge is 0.392 e. The molecule has 1 aromatic rings. The Morgan fingerprint density at radius 1 is 1.05 bits per heavy atom. The Balaban J connectivity index is 1.80. The molecule has 1 nitrogen and oxygen atoms in total. The molecule has 1 N–H and O–H groups in total. The Hall–Kier alpha value is -0.820. The Labute approximate surface area is 123 Å². The highest BCUT2D eigenvalue weighted by atomic mass is 16.3. The molecule has 4 atom stereocenters. The maximum atomic E-state index is 11.1. The number of hydrogen-bond donors (Lipinski definition) is 1. The van der Waals surface area contributed by atoms with Gasteiger partial charge in [-0.1, -0.05) is 57.0 Å². The first kappa shape index (κ1) is 14.1. The average Bonchev–Trinajstić information content (AvgIpc) is 2.42. The van der Waals surface area contributed by atoms with E-state index in [4.69, 9.17) is 0 Å². The lowest BCUT2D eigenvalue weighted by molar-refractivity contribution is -0.0367. The summed E-state index contributed by atoms with van der Waals surface area (Å²) in [4.78, 5) is 0. The van der Waals surface area contributed by atoms with E-state index >= 15 is 0 Å². The van der Waals surface area contributed by atoms with Crippen LogP contribution in [0.5, 0.6) is 0 Å². The van der Waals surface area contributed by atoms with E-state index in [2.05, 4.69) is 44.2 Å². The zero-order chi connectivity index (χ0) is 14.2. The molecule has 2 saturated carbocycles. The van der Waals surface area contributed by atoms with Gasteiger partial charge in [0.25, 0.3) is 0 Å². The smallest absolute Gasteiger partial charge is 0.0664 e. The topological polar surface area (TPSA) is 20.2 Å². The summed E-state index contributed by atoms with van der Waals surface area (Å²) in [6, 6.07) is 10.8. The highest BCUT2D eigenvalue weighted by Gasteiger charge is 2.48. The molecular formula is C19H28O. The molecule has 0 saturated heterocycles. The minimum Gasteiger partial charge on any atom is -0.392 e. The number of rotatable bonds is 3. The zero-order valence-electron chi connectivity index (χ0n) is 12.9. The summed E-state index contributed by atoms with van der Waals surface area (Å²) in [5.74, 6) is 2.09. The van der Waals surface area contributed by atoms with Crippen LogP contribution in [0.25, 0.3) is 0 Å². The summed E-state index contributed by atoms with van der Waals surface area (Å²) in [5.41, 5.74) is 1.43. The molecule has 0 bridgehead atoms. The molecule has 20 heavy (non-hydrogen) atoms. The van der Waals surface area contributed by atoms with Gasteiger partial charge in [0, 0.05) is 5.41 Å². The third kappa shape index (κ3) is 2.30. The summed E-state index contributed by atoms with van der Waals surface area (Å²) in [6.07, 6.45) is 7.15. The monoisotopic (exact) mass is 272 g/mol. The van der Waals surface area contributed by atoms with E-state index in [1.807, 2.05) is 0 Å². The van der Waals surface area contributed by atoms with Crippen LogP contribution in [-0.4, -0.2) is 11.2 Å². The van der Waals surface area contributed by atoms with Crippen LogP contribution in [-0.2, 0) is 5.41 Å². The number of benzene rings is 1. The van der Waals surface area contributed by atoms with Gasteiger partial charge in [-0.15, -0.1) is 0 Å². The molecule has 0 amide bonds. The van der Waals surface area contributed by atoms with E-state index in [0.717, 1.165) is 11.8 Å². The number of aliphatic hydroxyl groups excluding tert-OH is 1. The Kier molecular flexibility index (Phi) is 3.90. The molecule has 0 aliphatic heterocycles. The van der Waals surface area contributed by atoms with Gasteiger partial charge in [0.2, 0.25) is 0 Å². The van der Waals surface area contributed by atoms with Gasteiger partial charge in [-0.2, -0.15) is 0 Å². The van der Waals surface area contributed by atoms with Crippen LogP contribution in [0.4, 0.5) is 0 Å². The van der Waals surface area contributed by atoms with Gasteiger partial charge in [-0.25, -0.2) is 0 Å². The van der Waals surface area contributed by atoms with Gasteiger partial charge in [0.1, 0.15) is 0 Å². The van der Waals surface area contributed by atoms with Gasteiger partial charge in [-0.05, 0) is 49.0 Å². The van der Waals surface area contributed by atoms with E-state index in [1.54, 1.807) is 0 Å². The highest BCUT2D eigenvalue weighted by Crippen LogP contribution is 2.51. The molecule has 2 aliphatic carbocycles. The standard InChI is InChI=1S/C19H28O/c1-14-9-10-16(13-15(14)2)18(20)19(11-6-12-19)17-7-4-3-5-8-17/h3-5,7-8,14-16,18,20H,6,9-13H2,1-2H3. The predicted molar refractivity (Wildman–Crippen MR) is 83.6 cm³/mol. The van der Waals surface area contributed by atoms with Crippen molar-refractivity contribution in [1.82, 2.24) is 0 Å². The Morgan fingerprint density at radius 2 is 1.75 bits per heavy atom. The molecule has 0 radical (unpaired) electrons. The average molecular weight is 272 g/mol.